The van der Waals surface area contributed by atoms with E-state index in [1.807, 2.05) is 12.2 Å². The van der Waals surface area contributed by atoms with Crippen molar-refractivity contribution in [2.75, 3.05) is 5.32 Å². The van der Waals surface area contributed by atoms with Gasteiger partial charge in [0.25, 0.3) is 0 Å². The molecule has 148 valence electrons. The predicted octanol–water partition coefficient (Wildman–Crippen LogP) is 3.16. The summed E-state index contributed by atoms with van der Waals surface area (Å²) >= 11 is 1.27. The van der Waals surface area contributed by atoms with E-state index in [1.54, 1.807) is 17.6 Å². The molecule has 3 aliphatic rings. The highest BCUT2D eigenvalue weighted by molar-refractivity contribution is 7.13. The number of thiazole rings is 1. The average molecular weight is 411 g/mol. The summed E-state index contributed by atoms with van der Waals surface area (Å²) < 4.78 is 13.9. The summed E-state index contributed by atoms with van der Waals surface area (Å²) in [5.74, 6) is -1.96. The number of hydrogen-bond acceptors (Lipinski definition) is 5. The number of fused-ring (bicyclic) bond motifs is 5. The van der Waals surface area contributed by atoms with Crippen LogP contribution in [0.1, 0.15) is 24.4 Å². The molecule has 6 nitrogen and oxygen atoms in total. The molecule has 1 aliphatic heterocycles. The van der Waals surface area contributed by atoms with E-state index in [1.165, 1.54) is 34.4 Å². The lowest BCUT2D eigenvalue weighted by molar-refractivity contribution is -0.144. The molecule has 3 amide bonds. The Morgan fingerprint density at radius 2 is 1.97 bits per heavy atom. The number of carbonyl (C=O) groups excluding carboxylic acids is 3. The SMILES string of the molecule is O=C(CC(c1cccc(F)c1)N1C(=O)C2C3C=CC(C3)C2C1=O)Nc1nccs1. The Kier molecular flexibility index (Phi) is 4.31. The van der Waals surface area contributed by atoms with Crippen LogP contribution in [0.3, 0.4) is 0 Å². The van der Waals surface area contributed by atoms with Crippen LogP contribution in [-0.2, 0) is 14.4 Å². The number of rotatable bonds is 5. The number of nitrogens with one attached hydrogen (secondary N) is 1. The summed E-state index contributed by atoms with van der Waals surface area (Å²) in [6.07, 6.45) is 6.29. The minimum atomic E-state index is -0.851. The van der Waals surface area contributed by atoms with E-state index in [-0.39, 0.29) is 47.8 Å². The molecule has 29 heavy (non-hydrogen) atoms. The van der Waals surface area contributed by atoms with Gasteiger partial charge in [-0.2, -0.15) is 0 Å². The van der Waals surface area contributed by atoms with Gasteiger partial charge in [0, 0.05) is 11.6 Å². The van der Waals surface area contributed by atoms with Crippen molar-refractivity contribution in [3.63, 3.8) is 0 Å². The molecule has 2 aromatic rings. The maximum Gasteiger partial charge on any atom is 0.234 e. The topological polar surface area (TPSA) is 79.4 Å². The molecule has 1 saturated carbocycles. The highest BCUT2D eigenvalue weighted by Crippen LogP contribution is 2.54. The Hall–Kier alpha value is -2.87. The third kappa shape index (κ3) is 2.98. The molecule has 2 aliphatic carbocycles. The molecule has 1 aromatic carbocycles. The van der Waals surface area contributed by atoms with Crippen molar-refractivity contribution in [1.82, 2.24) is 9.88 Å². The van der Waals surface area contributed by atoms with Crippen LogP contribution in [0.25, 0.3) is 0 Å². The number of amides is 3. The van der Waals surface area contributed by atoms with Crippen LogP contribution in [0.15, 0.2) is 48.0 Å². The number of allylic oxidation sites excluding steroid dienone is 2. The molecule has 2 bridgehead atoms. The first-order chi connectivity index (χ1) is 14.0. The standard InChI is InChI=1S/C21H18FN3O3S/c22-14-3-1-2-11(9-14)15(10-16(26)24-21-23-6-7-29-21)25-19(27)17-12-4-5-13(8-12)18(17)20(25)28/h1-7,9,12-13,15,17-18H,8,10H2,(H,23,24,26). The van der Waals surface area contributed by atoms with Gasteiger partial charge < -0.3 is 5.32 Å². The normalized spacial score (nSPS) is 28.1. The van der Waals surface area contributed by atoms with E-state index in [2.05, 4.69) is 10.3 Å². The monoisotopic (exact) mass is 411 g/mol. The molecular weight excluding hydrogens is 393 g/mol. The number of imide groups is 1. The van der Waals surface area contributed by atoms with E-state index >= 15 is 0 Å². The van der Waals surface area contributed by atoms with E-state index in [0.717, 1.165) is 6.42 Å². The van der Waals surface area contributed by atoms with Gasteiger partial charge in [0.05, 0.1) is 24.3 Å². The van der Waals surface area contributed by atoms with Crippen molar-refractivity contribution in [3.8, 4) is 0 Å². The Balaban J connectivity index is 1.46. The summed E-state index contributed by atoms with van der Waals surface area (Å²) in [5.41, 5.74) is 0.432. The Bertz CT molecular complexity index is 992. The zero-order valence-corrected chi connectivity index (χ0v) is 16.1. The van der Waals surface area contributed by atoms with Gasteiger partial charge in [-0.25, -0.2) is 9.37 Å². The smallest absolute Gasteiger partial charge is 0.234 e. The Labute approximate surface area is 170 Å². The quantitative estimate of drug-likeness (QED) is 0.606. The van der Waals surface area contributed by atoms with Crippen LogP contribution in [0.5, 0.6) is 0 Å². The first kappa shape index (κ1) is 18.2. The molecule has 2 heterocycles. The molecule has 5 atom stereocenters. The fourth-order valence-electron chi connectivity index (χ4n) is 4.94. The number of nitrogens with zero attached hydrogens (tertiary/aromatic N) is 2. The van der Waals surface area contributed by atoms with Crippen molar-refractivity contribution in [1.29, 1.82) is 0 Å². The van der Waals surface area contributed by atoms with Crippen LogP contribution in [-0.4, -0.2) is 27.6 Å². The van der Waals surface area contributed by atoms with Gasteiger partial charge in [0.2, 0.25) is 17.7 Å². The molecule has 1 saturated heterocycles. The second-order valence-electron chi connectivity index (χ2n) is 7.71. The molecule has 2 fully saturated rings. The van der Waals surface area contributed by atoms with Crippen LogP contribution in [0, 0.1) is 29.5 Å². The molecular formula is C21H18FN3O3S. The Morgan fingerprint density at radius 3 is 2.59 bits per heavy atom. The molecule has 0 spiro atoms. The van der Waals surface area contributed by atoms with Gasteiger partial charge >= 0.3 is 0 Å². The fraction of sp³-hybridized carbons (Fsp3) is 0.333. The van der Waals surface area contributed by atoms with Crippen LogP contribution in [0.2, 0.25) is 0 Å². The third-order valence-electron chi connectivity index (χ3n) is 6.11. The number of carbonyl (C=O) groups is 3. The second-order valence-corrected chi connectivity index (χ2v) is 8.60. The zero-order chi connectivity index (χ0) is 20.1. The lowest BCUT2D eigenvalue weighted by Crippen LogP contribution is -2.38. The van der Waals surface area contributed by atoms with Gasteiger partial charge in [0.15, 0.2) is 5.13 Å². The number of halogens is 1. The number of likely N-dealkylation sites (tertiary alicyclic amines) is 1. The molecule has 8 heteroatoms. The summed E-state index contributed by atoms with van der Waals surface area (Å²) in [5, 5.41) is 4.85. The van der Waals surface area contributed by atoms with Crippen molar-refractivity contribution in [3.05, 3.63) is 59.4 Å². The largest absolute Gasteiger partial charge is 0.302 e. The molecule has 5 rings (SSSR count). The van der Waals surface area contributed by atoms with Crippen molar-refractivity contribution >= 4 is 34.2 Å². The van der Waals surface area contributed by atoms with Crippen molar-refractivity contribution in [2.45, 2.75) is 18.9 Å². The lowest BCUT2D eigenvalue weighted by Gasteiger charge is -2.28. The van der Waals surface area contributed by atoms with E-state index in [4.69, 9.17) is 0 Å². The van der Waals surface area contributed by atoms with Gasteiger partial charge in [0.1, 0.15) is 5.82 Å². The van der Waals surface area contributed by atoms with Crippen molar-refractivity contribution in [2.24, 2.45) is 23.7 Å². The fourth-order valence-corrected chi connectivity index (χ4v) is 5.48. The number of anilines is 1. The van der Waals surface area contributed by atoms with Crippen LogP contribution >= 0.6 is 11.3 Å². The first-order valence-corrected chi connectivity index (χ1v) is 10.4. The van der Waals surface area contributed by atoms with E-state index in [9.17, 15) is 18.8 Å². The van der Waals surface area contributed by atoms with Gasteiger partial charge in [-0.15, -0.1) is 11.3 Å². The van der Waals surface area contributed by atoms with E-state index in [0.29, 0.717) is 10.7 Å². The summed E-state index contributed by atoms with van der Waals surface area (Å²) in [6.45, 7) is 0. The van der Waals surface area contributed by atoms with Crippen LogP contribution in [0.4, 0.5) is 9.52 Å². The highest BCUT2D eigenvalue weighted by Gasteiger charge is 2.60. The Morgan fingerprint density at radius 1 is 1.24 bits per heavy atom. The number of benzene rings is 1. The van der Waals surface area contributed by atoms with Gasteiger partial charge in [-0.3, -0.25) is 19.3 Å². The minimum Gasteiger partial charge on any atom is -0.302 e. The maximum atomic E-state index is 13.9. The van der Waals surface area contributed by atoms with E-state index < -0.39 is 11.9 Å². The number of aromatic nitrogens is 1. The molecule has 1 aromatic heterocycles. The molecule has 1 N–H and O–H groups in total. The van der Waals surface area contributed by atoms with Crippen LogP contribution < -0.4 is 5.32 Å². The maximum absolute atomic E-state index is 13.9. The summed E-state index contributed by atoms with van der Waals surface area (Å²) in [6, 6.07) is 4.89. The predicted molar refractivity (Wildman–Crippen MR) is 104 cm³/mol. The third-order valence-corrected chi connectivity index (χ3v) is 6.80. The van der Waals surface area contributed by atoms with Gasteiger partial charge in [-0.1, -0.05) is 24.3 Å². The van der Waals surface area contributed by atoms with Crippen molar-refractivity contribution < 1.29 is 18.8 Å². The van der Waals surface area contributed by atoms with Gasteiger partial charge in [-0.05, 0) is 36.0 Å². The summed E-state index contributed by atoms with van der Waals surface area (Å²) in [7, 11) is 0. The zero-order valence-electron chi connectivity index (χ0n) is 15.3. The minimum absolute atomic E-state index is 0.0729. The highest BCUT2D eigenvalue weighted by atomic mass is 32.1. The molecule has 5 unspecified atom stereocenters. The second kappa shape index (κ2) is 6.88. The number of hydrogen-bond donors (Lipinski definition) is 1. The summed E-state index contributed by atoms with van der Waals surface area (Å²) in [4.78, 5) is 44.3. The molecule has 0 radical (unpaired) electrons. The lowest BCUT2D eigenvalue weighted by atomic mass is 9.85. The first-order valence-electron chi connectivity index (χ1n) is 9.53. The average Bonchev–Trinajstić information content (AvgIpc) is 3.46.